The number of piperidine rings is 1. The van der Waals surface area contributed by atoms with E-state index in [1.165, 1.54) is 0 Å². The van der Waals surface area contributed by atoms with Gasteiger partial charge in [0.15, 0.2) is 11.5 Å². The third-order valence-electron chi connectivity index (χ3n) is 6.49. The highest BCUT2D eigenvalue weighted by atomic mass is 16.7. The Morgan fingerprint density at radius 3 is 2.69 bits per heavy atom. The summed E-state index contributed by atoms with van der Waals surface area (Å²) in [5, 5.41) is 0. The molecule has 7 nitrogen and oxygen atoms in total. The Morgan fingerprint density at radius 2 is 1.84 bits per heavy atom. The number of amides is 1. The highest BCUT2D eigenvalue weighted by Gasteiger charge is 2.32. The van der Waals surface area contributed by atoms with E-state index in [9.17, 15) is 4.79 Å². The molecular formula is C25H24N4O3. The van der Waals surface area contributed by atoms with E-state index in [2.05, 4.69) is 9.97 Å². The van der Waals surface area contributed by atoms with Crippen LogP contribution in [-0.4, -0.2) is 45.6 Å². The summed E-state index contributed by atoms with van der Waals surface area (Å²) in [4.78, 5) is 29.1. The average Bonchev–Trinajstić information content (AvgIpc) is 3.60. The number of ether oxygens (including phenoxy) is 2. The molecule has 1 saturated carbocycles. The zero-order valence-electron chi connectivity index (χ0n) is 17.7. The second kappa shape index (κ2) is 7.89. The maximum absolute atomic E-state index is 13.3. The van der Waals surface area contributed by atoms with E-state index in [0.29, 0.717) is 29.5 Å². The van der Waals surface area contributed by atoms with E-state index >= 15 is 0 Å². The number of likely N-dealkylation sites (tertiary alicyclic amines) is 1. The van der Waals surface area contributed by atoms with E-state index in [4.69, 9.17) is 14.5 Å². The number of pyridine rings is 1. The van der Waals surface area contributed by atoms with Crippen molar-refractivity contribution in [2.75, 3.05) is 19.9 Å². The molecule has 1 aliphatic carbocycles. The van der Waals surface area contributed by atoms with Gasteiger partial charge >= 0.3 is 0 Å². The molecule has 3 aromatic rings. The SMILES string of the molecule is O=C(c1ccc2c(c1)OCO2)N1CCCC(c2nc(C3CC3)ncc2-c2ccncc2)C1. The van der Waals surface area contributed by atoms with Crippen molar-refractivity contribution >= 4 is 5.91 Å². The van der Waals surface area contributed by atoms with Gasteiger partial charge in [-0.05, 0) is 61.6 Å². The third-order valence-corrected chi connectivity index (χ3v) is 6.49. The minimum Gasteiger partial charge on any atom is -0.454 e. The standard InChI is InChI=1S/C25H24N4O3/c30-25(18-5-6-21-22(12-18)32-15-31-21)29-11-1-2-19(14-29)23-20(16-7-9-26-10-8-16)13-27-24(28-23)17-3-4-17/h5-10,12-13,17,19H,1-4,11,14-15H2. The number of aromatic nitrogens is 3. The minimum absolute atomic E-state index is 0.0231. The molecule has 0 bridgehead atoms. The van der Waals surface area contributed by atoms with Crippen LogP contribution in [0.4, 0.5) is 0 Å². The average molecular weight is 428 g/mol. The van der Waals surface area contributed by atoms with Gasteiger partial charge < -0.3 is 14.4 Å². The first kappa shape index (κ1) is 19.2. The van der Waals surface area contributed by atoms with Crippen LogP contribution in [0.5, 0.6) is 11.5 Å². The minimum atomic E-state index is 0.0231. The summed E-state index contributed by atoms with van der Waals surface area (Å²) in [5.74, 6) is 2.94. The summed E-state index contributed by atoms with van der Waals surface area (Å²) in [6.07, 6.45) is 9.82. The first-order chi connectivity index (χ1) is 15.8. The van der Waals surface area contributed by atoms with Crippen molar-refractivity contribution in [1.29, 1.82) is 0 Å². The van der Waals surface area contributed by atoms with Crippen LogP contribution in [0.2, 0.25) is 0 Å². The van der Waals surface area contributed by atoms with Crippen molar-refractivity contribution in [3.05, 3.63) is 66.0 Å². The normalized spacial score (nSPS) is 19.8. The molecule has 1 amide bonds. The molecule has 7 heteroatoms. The fourth-order valence-electron chi connectivity index (χ4n) is 4.61. The van der Waals surface area contributed by atoms with Crippen LogP contribution in [0.15, 0.2) is 48.9 Å². The Morgan fingerprint density at radius 1 is 1.00 bits per heavy atom. The molecule has 1 saturated heterocycles. The fourth-order valence-corrected chi connectivity index (χ4v) is 4.61. The highest BCUT2D eigenvalue weighted by molar-refractivity contribution is 5.95. The van der Waals surface area contributed by atoms with E-state index in [0.717, 1.165) is 54.9 Å². The fraction of sp³-hybridized carbons (Fsp3) is 0.360. The van der Waals surface area contributed by atoms with Gasteiger partial charge in [-0.2, -0.15) is 0 Å². The smallest absolute Gasteiger partial charge is 0.254 e. The molecule has 162 valence electrons. The number of fused-ring (bicyclic) bond motifs is 1. The quantitative estimate of drug-likeness (QED) is 0.621. The summed E-state index contributed by atoms with van der Waals surface area (Å²) >= 11 is 0. The molecule has 1 atom stereocenters. The van der Waals surface area contributed by atoms with Crippen LogP contribution in [0.3, 0.4) is 0 Å². The molecule has 0 radical (unpaired) electrons. The van der Waals surface area contributed by atoms with Gasteiger partial charge in [-0.15, -0.1) is 0 Å². The maximum Gasteiger partial charge on any atom is 0.254 e. The van der Waals surface area contributed by atoms with Gasteiger partial charge in [0.2, 0.25) is 6.79 Å². The molecule has 2 fully saturated rings. The van der Waals surface area contributed by atoms with Gasteiger partial charge in [0.05, 0.1) is 5.69 Å². The van der Waals surface area contributed by atoms with Crippen LogP contribution in [0, 0.1) is 0 Å². The number of hydrogen-bond acceptors (Lipinski definition) is 6. The van der Waals surface area contributed by atoms with Gasteiger partial charge in [-0.3, -0.25) is 9.78 Å². The molecule has 32 heavy (non-hydrogen) atoms. The van der Waals surface area contributed by atoms with Gasteiger partial charge in [-0.1, -0.05) is 0 Å². The number of carbonyl (C=O) groups is 1. The lowest BCUT2D eigenvalue weighted by atomic mass is 9.89. The Bertz CT molecular complexity index is 1160. The lowest BCUT2D eigenvalue weighted by Gasteiger charge is -2.33. The predicted molar refractivity (Wildman–Crippen MR) is 118 cm³/mol. The van der Waals surface area contributed by atoms with Crippen molar-refractivity contribution in [2.45, 2.75) is 37.5 Å². The monoisotopic (exact) mass is 428 g/mol. The number of nitrogens with zero attached hydrogens (tertiary/aromatic N) is 4. The number of benzene rings is 1. The van der Waals surface area contributed by atoms with Crippen molar-refractivity contribution < 1.29 is 14.3 Å². The van der Waals surface area contributed by atoms with Gasteiger partial charge in [0.25, 0.3) is 5.91 Å². The number of carbonyl (C=O) groups excluding carboxylic acids is 1. The molecule has 2 aliphatic heterocycles. The summed E-state index contributed by atoms with van der Waals surface area (Å²) in [7, 11) is 0. The second-order valence-electron chi connectivity index (χ2n) is 8.70. The van der Waals surface area contributed by atoms with Crippen LogP contribution in [0.25, 0.3) is 11.1 Å². The van der Waals surface area contributed by atoms with Crippen molar-refractivity contribution in [3.63, 3.8) is 0 Å². The molecule has 1 aromatic carbocycles. The Kier molecular flexibility index (Phi) is 4.74. The van der Waals surface area contributed by atoms with Gasteiger partial charge in [0, 0.05) is 54.6 Å². The van der Waals surface area contributed by atoms with E-state index in [-0.39, 0.29) is 18.6 Å². The Hall–Kier alpha value is -3.48. The lowest BCUT2D eigenvalue weighted by molar-refractivity contribution is 0.0705. The highest BCUT2D eigenvalue weighted by Crippen LogP contribution is 2.41. The molecule has 2 aromatic heterocycles. The van der Waals surface area contributed by atoms with E-state index < -0.39 is 0 Å². The van der Waals surface area contributed by atoms with Crippen molar-refractivity contribution in [1.82, 2.24) is 19.9 Å². The number of rotatable bonds is 4. The van der Waals surface area contributed by atoms with Crippen LogP contribution in [0.1, 0.15) is 59.4 Å². The molecule has 6 rings (SSSR count). The Balaban J connectivity index is 1.30. The zero-order valence-corrected chi connectivity index (χ0v) is 17.7. The van der Waals surface area contributed by atoms with E-state index in [1.807, 2.05) is 35.4 Å². The predicted octanol–water partition coefficient (Wildman–Crippen LogP) is 4.16. The summed E-state index contributed by atoms with van der Waals surface area (Å²) in [6.45, 7) is 1.59. The van der Waals surface area contributed by atoms with E-state index in [1.54, 1.807) is 18.5 Å². The molecule has 0 N–H and O–H groups in total. The maximum atomic E-state index is 13.3. The molecule has 1 unspecified atom stereocenters. The summed E-state index contributed by atoms with van der Waals surface area (Å²) < 4.78 is 10.8. The molecule has 0 spiro atoms. The van der Waals surface area contributed by atoms with Crippen LogP contribution < -0.4 is 9.47 Å². The van der Waals surface area contributed by atoms with Gasteiger partial charge in [0.1, 0.15) is 5.82 Å². The first-order valence-corrected chi connectivity index (χ1v) is 11.2. The third kappa shape index (κ3) is 3.57. The lowest BCUT2D eigenvalue weighted by Crippen LogP contribution is -2.39. The zero-order chi connectivity index (χ0) is 21.5. The largest absolute Gasteiger partial charge is 0.454 e. The first-order valence-electron chi connectivity index (χ1n) is 11.2. The molecule has 4 heterocycles. The number of hydrogen-bond donors (Lipinski definition) is 0. The molecule has 3 aliphatic rings. The molecular weight excluding hydrogens is 404 g/mol. The van der Waals surface area contributed by atoms with Crippen molar-refractivity contribution in [3.8, 4) is 22.6 Å². The second-order valence-corrected chi connectivity index (χ2v) is 8.70. The topological polar surface area (TPSA) is 77.4 Å². The van der Waals surface area contributed by atoms with Crippen molar-refractivity contribution in [2.24, 2.45) is 0 Å². The summed E-state index contributed by atoms with van der Waals surface area (Å²) in [5.41, 5.74) is 3.79. The summed E-state index contributed by atoms with van der Waals surface area (Å²) in [6, 6.07) is 9.41. The van der Waals surface area contributed by atoms with Crippen LogP contribution in [-0.2, 0) is 0 Å². The Labute approximate surface area is 186 Å². The van der Waals surface area contributed by atoms with Gasteiger partial charge in [-0.25, -0.2) is 9.97 Å². The van der Waals surface area contributed by atoms with Crippen LogP contribution >= 0.6 is 0 Å².